The first-order valence-electron chi connectivity index (χ1n) is 9.02. The van der Waals surface area contributed by atoms with Gasteiger partial charge in [0.05, 0.1) is 5.60 Å². The van der Waals surface area contributed by atoms with E-state index in [-0.39, 0.29) is 11.5 Å². The fourth-order valence-electron chi connectivity index (χ4n) is 4.41. The van der Waals surface area contributed by atoms with Crippen LogP contribution in [0.2, 0.25) is 0 Å². The lowest BCUT2D eigenvalue weighted by atomic mass is 9.77. The lowest BCUT2D eigenvalue weighted by Crippen LogP contribution is -2.46. The standard InChI is InChI=1S/C18H30O3/c19-17(13-15-5-3-1-2-4-6-15)16-7-10-21-18(14-16)8-11-20-12-9-18/h15-16H,1-14H2. The van der Waals surface area contributed by atoms with Gasteiger partial charge in [0.15, 0.2) is 0 Å². The van der Waals surface area contributed by atoms with Crippen LogP contribution in [0.25, 0.3) is 0 Å². The molecule has 0 N–H and O–H groups in total. The maximum absolute atomic E-state index is 12.7. The van der Waals surface area contributed by atoms with Crippen molar-refractivity contribution in [3.05, 3.63) is 0 Å². The number of carbonyl (C=O) groups is 1. The number of ether oxygens (including phenoxy) is 2. The molecule has 0 amide bonds. The van der Waals surface area contributed by atoms with Crippen LogP contribution in [0.15, 0.2) is 0 Å². The minimum atomic E-state index is -0.0414. The smallest absolute Gasteiger partial charge is 0.136 e. The number of hydrogen-bond acceptors (Lipinski definition) is 3. The zero-order chi connectivity index (χ0) is 14.5. The minimum absolute atomic E-state index is 0.0414. The molecule has 3 nitrogen and oxygen atoms in total. The fraction of sp³-hybridized carbons (Fsp3) is 0.944. The zero-order valence-corrected chi connectivity index (χ0v) is 13.3. The highest BCUT2D eigenvalue weighted by molar-refractivity contribution is 5.81. The van der Waals surface area contributed by atoms with Crippen molar-refractivity contribution < 1.29 is 14.3 Å². The molecule has 3 fully saturated rings. The number of rotatable bonds is 3. The molecule has 0 aromatic rings. The number of carbonyl (C=O) groups excluding carboxylic acids is 1. The molecule has 3 aliphatic rings. The van der Waals surface area contributed by atoms with Crippen LogP contribution in [0.5, 0.6) is 0 Å². The van der Waals surface area contributed by atoms with Gasteiger partial charge in [0.25, 0.3) is 0 Å². The minimum Gasteiger partial charge on any atom is -0.381 e. The molecule has 1 unspecified atom stereocenters. The van der Waals surface area contributed by atoms with Gasteiger partial charge >= 0.3 is 0 Å². The Hall–Kier alpha value is -0.410. The number of ketones is 1. The van der Waals surface area contributed by atoms with Gasteiger partial charge in [-0.3, -0.25) is 4.79 Å². The summed E-state index contributed by atoms with van der Waals surface area (Å²) in [4.78, 5) is 12.7. The van der Waals surface area contributed by atoms with E-state index in [9.17, 15) is 4.79 Å². The Morgan fingerprint density at radius 1 is 0.952 bits per heavy atom. The van der Waals surface area contributed by atoms with Gasteiger partial charge in [-0.25, -0.2) is 0 Å². The maximum atomic E-state index is 12.7. The third-order valence-electron chi connectivity index (χ3n) is 5.82. The van der Waals surface area contributed by atoms with Crippen molar-refractivity contribution >= 4 is 5.78 Å². The molecule has 2 saturated heterocycles. The summed E-state index contributed by atoms with van der Waals surface area (Å²) in [5, 5.41) is 0. The van der Waals surface area contributed by atoms with Gasteiger partial charge in [0.2, 0.25) is 0 Å². The first-order valence-corrected chi connectivity index (χ1v) is 9.02. The fourth-order valence-corrected chi connectivity index (χ4v) is 4.41. The van der Waals surface area contributed by atoms with Gasteiger partial charge in [-0.1, -0.05) is 38.5 Å². The van der Waals surface area contributed by atoms with E-state index in [1.807, 2.05) is 0 Å². The lowest BCUT2D eigenvalue weighted by molar-refractivity contribution is -0.157. The third kappa shape index (κ3) is 4.07. The average molecular weight is 294 g/mol. The van der Waals surface area contributed by atoms with Gasteiger partial charge in [0, 0.05) is 32.2 Å². The highest BCUT2D eigenvalue weighted by atomic mass is 16.5. The Kier molecular flexibility index (Phi) is 5.33. The second-order valence-corrected chi connectivity index (χ2v) is 7.36. The highest BCUT2D eigenvalue weighted by Gasteiger charge is 2.41. The number of hydrogen-bond donors (Lipinski definition) is 0. The second-order valence-electron chi connectivity index (χ2n) is 7.36. The summed E-state index contributed by atoms with van der Waals surface area (Å²) >= 11 is 0. The summed E-state index contributed by atoms with van der Waals surface area (Å²) in [5.41, 5.74) is -0.0414. The Morgan fingerprint density at radius 3 is 2.38 bits per heavy atom. The summed E-state index contributed by atoms with van der Waals surface area (Å²) in [6.07, 6.45) is 12.6. The van der Waals surface area contributed by atoms with Crippen molar-refractivity contribution in [2.45, 2.75) is 76.2 Å². The molecule has 0 radical (unpaired) electrons. The molecule has 1 spiro atoms. The normalized spacial score (nSPS) is 31.0. The molecule has 3 rings (SSSR count). The summed E-state index contributed by atoms with van der Waals surface area (Å²) in [6.45, 7) is 2.36. The molecular formula is C18H30O3. The quantitative estimate of drug-likeness (QED) is 0.741. The van der Waals surface area contributed by atoms with Crippen LogP contribution in [-0.2, 0) is 14.3 Å². The van der Waals surface area contributed by atoms with Crippen LogP contribution in [0.4, 0.5) is 0 Å². The van der Waals surface area contributed by atoms with Gasteiger partial charge in [-0.15, -0.1) is 0 Å². The Balaban J connectivity index is 1.53. The van der Waals surface area contributed by atoms with E-state index in [2.05, 4.69) is 0 Å². The summed E-state index contributed by atoms with van der Waals surface area (Å²) in [5.74, 6) is 1.43. The SMILES string of the molecule is O=C(CC1CCCCCC1)C1CCOC2(CCOCC2)C1. The van der Waals surface area contributed by atoms with Crippen molar-refractivity contribution in [1.82, 2.24) is 0 Å². The molecule has 0 aromatic heterocycles. The van der Waals surface area contributed by atoms with E-state index in [1.165, 1.54) is 38.5 Å². The average Bonchev–Trinajstić information content (AvgIpc) is 2.77. The first-order chi connectivity index (χ1) is 10.3. The van der Waals surface area contributed by atoms with E-state index in [0.29, 0.717) is 11.7 Å². The molecule has 120 valence electrons. The van der Waals surface area contributed by atoms with E-state index in [1.54, 1.807) is 0 Å². The Labute approximate surface area is 128 Å². The van der Waals surface area contributed by atoms with Crippen molar-refractivity contribution in [3.8, 4) is 0 Å². The van der Waals surface area contributed by atoms with Gasteiger partial charge in [0.1, 0.15) is 5.78 Å². The highest BCUT2D eigenvalue weighted by Crippen LogP contribution is 2.38. The second kappa shape index (κ2) is 7.23. The van der Waals surface area contributed by atoms with Crippen molar-refractivity contribution in [1.29, 1.82) is 0 Å². The molecule has 0 bridgehead atoms. The number of Topliss-reactive ketones (excluding diaryl/α,β-unsaturated/α-hetero) is 1. The molecule has 3 heteroatoms. The van der Waals surface area contributed by atoms with Gasteiger partial charge in [-0.2, -0.15) is 0 Å². The largest absolute Gasteiger partial charge is 0.381 e. The summed E-state index contributed by atoms with van der Waals surface area (Å²) in [7, 11) is 0. The predicted octanol–water partition coefficient (Wildman–Crippen LogP) is 3.89. The van der Waals surface area contributed by atoms with Crippen LogP contribution < -0.4 is 0 Å². The monoisotopic (exact) mass is 294 g/mol. The van der Waals surface area contributed by atoms with Crippen molar-refractivity contribution in [2.75, 3.05) is 19.8 Å². The van der Waals surface area contributed by atoms with E-state index >= 15 is 0 Å². The molecule has 2 aliphatic heterocycles. The summed E-state index contributed by atoms with van der Waals surface area (Å²) in [6, 6.07) is 0. The molecule has 0 aromatic carbocycles. The summed E-state index contributed by atoms with van der Waals surface area (Å²) < 4.78 is 11.5. The zero-order valence-electron chi connectivity index (χ0n) is 13.3. The van der Waals surface area contributed by atoms with Gasteiger partial charge < -0.3 is 9.47 Å². The molecule has 2 heterocycles. The molecule has 1 saturated carbocycles. The van der Waals surface area contributed by atoms with E-state index in [0.717, 1.165) is 51.9 Å². The van der Waals surface area contributed by atoms with Crippen LogP contribution >= 0.6 is 0 Å². The topological polar surface area (TPSA) is 35.5 Å². The third-order valence-corrected chi connectivity index (χ3v) is 5.82. The van der Waals surface area contributed by atoms with Crippen LogP contribution in [-0.4, -0.2) is 31.2 Å². The molecule has 1 aliphatic carbocycles. The Bertz CT molecular complexity index is 333. The van der Waals surface area contributed by atoms with Crippen molar-refractivity contribution in [3.63, 3.8) is 0 Å². The van der Waals surface area contributed by atoms with Crippen LogP contribution in [0, 0.1) is 11.8 Å². The predicted molar refractivity (Wildman–Crippen MR) is 82.3 cm³/mol. The molecule has 1 atom stereocenters. The van der Waals surface area contributed by atoms with Crippen LogP contribution in [0.1, 0.15) is 70.6 Å². The first kappa shape index (κ1) is 15.5. The maximum Gasteiger partial charge on any atom is 0.136 e. The molecular weight excluding hydrogens is 264 g/mol. The van der Waals surface area contributed by atoms with Gasteiger partial charge in [-0.05, 0) is 31.6 Å². The van der Waals surface area contributed by atoms with Crippen molar-refractivity contribution in [2.24, 2.45) is 11.8 Å². The lowest BCUT2D eigenvalue weighted by Gasteiger charge is -2.43. The Morgan fingerprint density at radius 2 is 1.67 bits per heavy atom. The molecule has 21 heavy (non-hydrogen) atoms. The van der Waals surface area contributed by atoms with E-state index < -0.39 is 0 Å². The van der Waals surface area contributed by atoms with Crippen LogP contribution in [0.3, 0.4) is 0 Å². The van der Waals surface area contributed by atoms with E-state index in [4.69, 9.17) is 9.47 Å².